The monoisotopic (exact) mass is 282 g/mol. The van der Waals surface area contributed by atoms with Crippen molar-refractivity contribution >= 4 is 17.2 Å². The zero-order chi connectivity index (χ0) is 13.5. The van der Waals surface area contributed by atoms with Crippen molar-refractivity contribution in [2.45, 2.75) is 12.8 Å². The van der Waals surface area contributed by atoms with E-state index >= 15 is 0 Å². The Balaban J connectivity index is 1.69. The molecule has 0 atom stereocenters. The van der Waals surface area contributed by atoms with Crippen molar-refractivity contribution in [3.8, 4) is 0 Å². The lowest BCUT2D eigenvalue weighted by Crippen LogP contribution is -2.49. The number of methoxy groups -OCH3 is 1. The predicted octanol–water partition coefficient (Wildman–Crippen LogP) is 1.47. The van der Waals surface area contributed by atoms with Crippen LogP contribution in [0, 0.1) is 0 Å². The molecule has 0 N–H and O–H groups in total. The van der Waals surface area contributed by atoms with Gasteiger partial charge in [-0.2, -0.15) is 0 Å². The second kappa shape index (κ2) is 7.62. The number of thiophene rings is 1. The highest BCUT2D eigenvalue weighted by atomic mass is 32.1. The molecule has 1 aromatic rings. The molecule has 2 rings (SSSR count). The Kier molecular flexibility index (Phi) is 5.82. The normalized spacial score (nSPS) is 16.8. The Labute approximate surface area is 119 Å². The molecule has 1 aliphatic rings. The van der Waals surface area contributed by atoms with Crippen LogP contribution in [0.4, 0.5) is 0 Å². The summed E-state index contributed by atoms with van der Waals surface area (Å²) < 4.78 is 5.06. The van der Waals surface area contributed by atoms with E-state index in [1.165, 1.54) is 0 Å². The first-order valence-corrected chi connectivity index (χ1v) is 7.69. The molecule has 5 heteroatoms. The van der Waals surface area contributed by atoms with Crippen LogP contribution in [-0.4, -0.2) is 62.1 Å². The first kappa shape index (κ1) is 14.5. The van der Waals surface area contributed by atoms with Gasteiger partial charge in [0.05, 0.1) is 6.42 Å². The SMILES string of the molecule is COCCCN1CCN(C(=O)Cc2cccs2)CC1. The number of ether oxygens (including phenoxy) is 1. The van der Waals surface area contributed by atoms with Crippen LogP contribution >= 0.6 is 11.3 Å². The highest BCUT2D eigenvalue weighted by Crippen LogP contribution is 2.12. The molecule has 19 heavy (non-hydrogen) atoms. The first-order chi connectivity index (χ1) is 9.29. The number of hydrogen-bond acceptors (Lipinski definition) is 4. The summed E-state index contributed by atoms with van der Waals surface area (Å²) in [6, 6.07) is 4.03. The maximum atomic E-state index is 12.1. The Hall–Kier alpha value is -0.910. The summed E-state index contributed by atoms with van der Waals surface area (Å²) in [6.07, 6.45) is 1.63. The van der Waals surface area contributed by atoms with Gasteiger partial charge < -0.3 is 9.64 Å². The van der Waals surface area contributed by atoms with Gasteiger partial charge in [-0.05, 0) is 17.9 Å². The van der Waals surface area contributed by atoms with Gasteiger partial charge in [-0.1, -0.05) is 6.07 Å². The van der Waals surface area contributed by atoms with Crippen molar-refractivity contribution < 1.29 is 9.53 Å². The molecular formula is C14H22N2O2S. The number of hydrogen-bond donors (Lipinski definition) is 0. The van der Waals surface area contributed by atoms with E-state index in [0.717, 1.165) is 50.6 Å². The fraction of sp³-hybridized carbons (Fsp3) is 0.643. The summed E-state index contributed by atoms with van der Waals surface area (Å²) in [5, 5.41) is 2.02. The molecule has 0 bridgehead atoms. The largest absolute Gasteiger partial charge is 0.385 e. The van der Waals surface area contributed by atoms with Gasteiger partial charge >= 0.3 is 0 Å². The minimum atomic E-state index is 0.263. The van der Waals surface area contributed by atoms with E-state index in [1.54, 1.807) is 18.4 Å². The Morgan fingerprint density at radius 1 is 1.37 bits per heavy atom. The molecule has 106 valence electrons. The van der Waals surface area contributed by atoms with E-state index in [1.807, 2.05) is 22.4 Å². The van der Waals surface area contributed by atoms with Crippen LogP contribution in [0.15, 0.2) is 17.5 Å². The number of piperazine rings is 1. The van der Waals surface area contributed by atoms with Crippen LogP contribution in [0.3, 0.4) is 0 Å². The second-order valence-electron chi connectivity index (χ2n) is 4.82. The maximum absolute atomic E-state index is 12.1. The van der Waals surface area contributed by atoms with Crippen molar-refractivity contribution in [2.75, 3.05) is 46.4 Å². The van der Waals surface area contributed by atoms with Gasteiger partial charge in [0.15, 0.2) is 0 Å². The van der Waals surface area contributed by atoms with Crippen molar-refractivity contribution in [2.24, 2.45) is 0 Å². The fourth-order valence-electron chi connectivity index (χ4n) is 2.33. The van der Waals surface area contributed by atoms with Crippen LogP contribution in [0.5, 0.6) is 0 Å². The Morgan fingerprint density at radius 3 is 2.79 bits per heavy atom. The van der Waals surface area contributed by atoms with Gasteiger partial charge in [0.25, 0.3) is 0 Å². The van der Waals surface area contributed by atoms with E-state index in [2.05, 4.69) is 4.90 Å². The van der Waals surface area contributed by atoms with Crippen molar-refractivity contribution in [3.05, 3.63) is 22.4 Å². The third kappa shape index (κ3) is 4.60. The minimum absolute atomic E-state index is 0.263. The smallest absolute Gasteiger partial charge is 0.227 e. The lowest BCUT2D eigenvalue weighted by Gasteiger charge is -2.34. The van der Waals surface area contributed by atoms with E-state index < -0.39 is 0 Å². The minimum Gasteiger partial charge on any atom is -0.385 e. The molecule has 1 fully saturated rings. The molecule has 2 heterocycles. The van der Waals surface area contributed by atoms with Crippen LogP contribution in [0.25, 0.3) is 0 Å². The molecule has 0 aliphatic carbocycles. The van der Waals surface area contributed by atoms with Gasteiger partial charge in [-0.15, -0.1) is 11.3 Å². The van der Waals surface area contributed by atoms with Crippen LogP contribution in [0.1, 0.15) is 11.3 Å². The van der Waals surface area contributed by atoms with Crippen molar-refractivity contribution in [1.29, 1.82) is 0 Å². The van der Waals surface area contributed by atoms with Gasteiger partial charge in [0.2, 0.25) is 5.91 Å². The van der Waals surface area contributed by atoms with Gasteiger partial charge in [-0.3, -0.25) is 9.69 Å². The van der Waals surface area contributed by atoms with Crippen molar-refractivity contribution in [3.63, 3.8) is 0 Å². The molecule has 0 spiro atoms. The summed E-state index contributed by atoms with van der Waals surface area (Å²) in [5.74, 6) is 0.263. The van der Waals surface area contributed by atoms with E-state index in [4.69, 9.17) is 4.74 Å². The fourth-order valence-corrected chi connectivity index (χ4v) is 3.02. The molecule has 0 unspecified atom stereocenters. The average Bonchev–Trinajstić information content (AvgIpc) is 2.93. The maximum Gasteiger partial charge on any atom is 0.227 e. The van der Waals surface area contributed by atoms with Gasteiger partial charge in [-0.25, -0.2) is 0 Å². The van der Waals surface area contributed by atoms with Crippen LogP contribution < -0.4 is 0 Å². The quantitative estimate of drug-likeness (QED) is 0.741. The summed E-state index contributed by atoms with van der Waals surface area (Å²) in [7, 11) is 1.74. The molecule has 1 aliphatic heterocycles. The van der Waals surface area contributed by atoms with E-state index in [0.29, 0.717) is 6.42 Å². The molecule has 0 radical (unpaired) electrons. The highest BCUT2D eigenvalue weighted by molar-refractivity contribution is 7.10. The van der Waals surface area contributed by atoms with Crippen LogP contribution in [0.2, 0.25) is 0 Å². The standard InChI is InChI=1S/C14H22N2O2S/c1-18-10-3-5-15-6-8-16(9-7-15)14(17)12-13-4-2-11-19-13/h2,4,11H,3,5-10,12H2,1H3. The average molecular weight is 282 g/mol. The molecule has 0 aromatic carbocycles. The van der Waals surface area contributed by atoms with Crippen LogP contribution in [-0.2, 0) is 16.0 Å². The number of carbonyl (C=O) groups excluding carboxylic acids is 1. The summed E-state index contributed by atoms with van der Waals surface area (Å²) in [4.78, 5) is 17.7. The van der Waals surface area contributed by atoms with E-state index in [9.17, 15) is 4.79 Å². The Bertz CT molecular complexity index is 373. The third-order valence-corrected chi connectivity index (χ3v) is 4.33. The lowest BCUT2D eigenvalue weighted by atomic mass is 10.2. The molecular weight excluding hydrogens is 260 g/mol. The third-order valence-electron chi connectivity index (χ3n) is 3.45. The molecule has 0 saturated carbocycles. The number of rotatable bonds is 6. The Morgan fingerprint density at radius 2 is 2.16 bits per heavy atom. The highest BCUT2D eigenvalue weighted by Gasteiger charge is 2.20. The first-order valence-electron chi connectivity index (χ1n) is 6.81. The molecule has 1 amide bonds. The summed E-state index contributed by atoms with van der Waals surface area (Å²) in [5.41, 5.74) is 0. The summed E-state index contributed by atoms with van der Waals surface area (Å²) >= 11 is 1.66. The summed E-state index contributed by atoms with van der Waals surface area (Å²) in [6.45, 7) is 5.58. The topological polar surface area (TPSA) is 32.8 Å². The number of nitrogens with zero attached hydrogens (tertiary/aromatic N) is 2. The number of amides is 1. The second-order valence-corrected chi connectivity index (χ2v) is 5.86. The lowest BCUT2D eigenvalue weighted by molar-refractivity contribution is -0.132. The molecule has 1 aromatic heterocycles. The molecule has 4 nitrogen and oxygen atoms in total. The zero-order valence-electron chi connectivity index (χ0n) is 11.5. The molecule has 1 saturated heterocycles. The van der Waals surface area contributed by atoms with Crippen molar-refractivity contribution in [1.82, 2.24) is 9.80 Å². The number of carbonyl (C=O) groups is 1. The van der Waals surface area contributed by atoms with E-state index in [-0.39, 0.29) is 5.91 Å². The zero-order valence-corrected chi connectivity index (χ0v) is 12.3. The predicted molar refractivity (Wildman–Crippen MR) is 77.5 cm³/mol. The van der Waals surface area contributed by atoms with Gasteiger partial charge in [0.1, 0.15) is 0 Å². The van der Waals surface area contributed by atoms with Gasteiger partial charge in [0, 0.05) is 51.3 Å².